The maximum absolute atomic E-state index is 8.53. The maximum Gasteiger partial charge on any atom is 0.188 e. The Morgan fingerprint density at radius 2 is 1.75 bits per heavy atom. The van der Waals surface area contributed by atoms with E-state index in [9.17, 15) is 0 Å². The van der Waals surface area contributed by atoms with E-state index in [1.807, 2.05) is 20.8 Å². The molecule has 16 heavy (non-hydrogen) atoms. The zero-order valence-electron chi connectivity index (χ0n) is 9.99. The van der Waals surface area contributed by atoms with Crippen molar-refractivity contribution >= 4 is 11.8 Å². The van der Waals surface area contributed by atoms with Crippen LogP contribution in [0.2, 0.25) is 0 Å². The number of aliphatic hydroxyl groups excluding tert-OH is 1. The largest absolute Gasteiger partial charge is 0.394 e. The first kappa shape index (κ1) is 13.4. The monoisotopic (exact) mass is 242 g/mol. The van der Waals surface area contributed by atoms with Gasteiger partial charge >= 0.3 is 0 Å². The Kier molecular flexibility index (Phi) is 5.73. The van der Waals surface area contributed by atoms with E-state index in [0.717, 1.165) is 27.9 Å². The lowest BCUT2D eigenvalue weighted by atomic mass is 10.2. The number of aryl methyl sites for hydroxylation is 2. The van der Waals surface area contributed by atoms with Gasteiger partial charge < -0.3 is 9.84 Å². The lowest BCUT2D eigenvalue weighted by Crippen LogP contribution is -2.04. The molecule has 0 bridgehead atoms. The number of hydrogen-bond donors (Lipinski definition) is 1. The lowest BCUT2D eigenvalue weighted by molar-refractivity contribution is 0.103. The molecule has 1 N–H and O–H groups in total. The summed E-state index contributed by atoms with van der Waals surface area (Å²) in [5.41, 5.74) is 3.22. The molecule has 0 aliphatic carbocycles. The van der Waals surface area contributed by atoms with Crippen molar-refractivity contribution in [2.75, 3.05) is 25.6 Å². The van der Waals surface area contributed by atoms with E-state index in [2.05, 4.69) is 9.97 Å². The van der Waals surface area contributed by atoms with Crippen LogP contribution >= 0.6 is 11.8 Å². The number of thioether (sulfide) groups is 1. The first-order chi connectivity index (χ1) is 7.65. The molecule has 1 aromatic rings. The van der Waals surface area contributed by atoms with Crippen molar-refractivity contribution in [2.45, 2.75) is 25.9 Å². The second kappa shape index (κ2) is 6.83. The highest BCUT2D eigenvalue weighted by atomic mass is 32.2. The SMILES string of the molecule is Cc1nc(SCCOCCO)nc(C)c1C. The molecule has 4 nitrogen and oxygen atoms in total. The molecular formula is C11H18N2O2S. The van der Waals surface area contributed by atoms with E-state index < -0.39 is 0 Å². The minimum atomic E-state index is 0.0733. The van der Waals surface area contributed by atoms with Gasteiger partial charge in [-0.15, -0.1) is 0 Å². The van der Waals surface area contributed by atoms with E-state index in [4.69, 9.17) is 9.84 Å². The molecule has 0 aliphatic rings. The summed E-state index contributed by atoms with van der Waals surface area (Å²) in [6.45, 7) is 7.11. The van der Waals surface area contributed by atoms with E-state index in [1.165, 1.54) is 0 Å². The van der Waals surface area contributed by atoms with Crippen LogP contribution in [0.3, 0.4) is 0 Å². The minimum absolute atomic E-state index is 0.0733. The first-order valence-electron chi connectivity index (χ1n) is 5.28. The van der Waals surface area contributed by atoms with Crippen LogP contribution in [0.4, 0.5) is 0 Å². The van der Waals surface area contributed by atoms with Gasteiger partial charge in [-0.05, 0) is 26.3 Å². The van der Waals surface area contributed by atoms with Gasteiger partial charge in [-0.1, -0.05) is 11.8 Å². The summed E-state index contributed by atoms with van der Waals surface area (Å²) in [6.07, 6.45) is 0. The van der Waals surface area contributed by atoms with Crippen LogP contribution < -0.4 is 0 Å². The van der Waals surface area contributed by atoms with Gasteiger partial charge in [0.05, 0.1) is 19.8 Å². The zero-order valence-corrected chi connectivity index (χ0v) is 10.8. The van der Waals surface area contributed by atoms with E-state index in [0.29, 0.717) is 13.2 Å². The molecule has 0 atom stereocenters. The predicted octanol–water partition coefficient (Wildman–Crippen LogP) is 1.50. The Morgan fingerprint density at radius 1 is 1.12 bits per heavy atom. The fourth-order valence-corrected chi connectivity index (χ4v) is 1.95. The van der Waals surface area contributed by atoms with Gasteiger partial charge in [-0.2, -0.15) is 0 Å². The molecular weight excluding hydrogens is 224 g/mol. The third kappa shape index (κ3) is 4.08. The molecule has 1 heterocycles. The second-order valence-corrected chi connectivity index (χ2v) is 4.55. The molecule has 0 spiro atoms. The summed E-state index contributed by atoms with van der Waals surface area (Å²) >= 11 is 1.58. The Balaban J connectivity index is 2.43. The molecule has 0 aromatic carbocycles. The average Bonchev–Trinajstić information content (AvgIpc) is 2.25. The number of aromatic nitrogens is 2. The summed E-state index contributed by atoms with van der Waals surface area (Å²) in [6, 6.07) is 0. The molecule has 0 unspecified atom stereocenters. The smallest absolute Gasteiger partial charge is 0.188 e. The number of hydrogen-bond acceptors (Lipinski definition) is 5. The minimum Gasteiger partial charge on any atom is -0.394 e. The van der Waals surface area contributed by atoms with Gasteiger partial charge in [0, 0.05) is 17.1 Å². The normalized spacial score (nSPS) is 10.8. The van der Waals surface area contributed by atoms with Gasteiger partial charge in [-0.3, -0.25) is 0 Å². The topological polar surface area (TPSA) is 55.2 Å². The first-order valence-corrected chi connectivity index (χ1v) is 6.27. The van der Waals surface area contributed by atoms with Crippen LogP contribution in [0, 0.1) is 20.8 Å². The number of nitrogens with zero attached hydrogens (tertiary/aromatic N) is 2. The van der Waals surface area contributed by atoms with Gasteiger partial charge in [0.2, 0.25) is 0 Å². The standard InChI is InChI=1S/C11H18N2O2S/c1-8-9(2)12-11(13-10(8)3)16-7-6-15-5-4-14/h14H,4-7H2,1-3H3. The highest BCUT2D eigenvalue weighted by Gasteiger charge is 2.04. The van der Waals surface area contributed by atoms with Gasteiger partial charge in [0.25, 0.3) is 0 Å². The molecule has 0 radical (unpaired) electrons. The Labute approximate surface area is 100 Å². The molecule has 90 valence electrons. The van der Waals surface area contributed by atoms with E-state index >= 15 is 0 Å². The van der Waals surface area contributed by atoms with Crippen molar-refractivity contribution in [1.82, 2.24) is 9.97 Å². The molecule has 0 fully saturated rings. The van der Waals surface area contributed by atoms with Crippen molar-refractivity contribution < 1.29 is 9.84 Å². The zero-order chi connectivity index (χ0) is 12.0. The Bertz CT molecular complexity index is 322. The highest BCUT2D eigenvalue weighted by molar-refractivity contribution is 7.99. The fourth-order valence-electron chi connectivity index (χ4n) is 1.16. The molecule has 0 saturated heterocycles. The number of rotatable bonds is 6. The lowest BCUT2D eigenvalue weighted by Gasteiger charge is -2.06. The maximum atomic E-state index is 8.53. The third-order valence-corrected chi connectivity index (χ3v) is 3.12. The highest BCUT2D eigenvalue weighted by Crippen LogP contribution is 2.16. The van der Waals surface area contributed by atoms with Crippen molar-refractivity contribution in [3.63, 3.8) is 0 Å². The van der Waals surface area contributed by atoms with Crippen LogP contribution in [-0.4, -0.2) is 40.6 Å². The molecule has 0 saturated carbocycles. The van der Waals surface area contributed by atoms with Gasteiger partial charge in [0.1, 0.15) is 0 Å². The molecule has 0 amide bonds. The van der Waals surface area contributed by atoms with Gasteiger partial charge in [0.15, 0.2) is 5.16 Å². The van der Waals surface area contributed by atoms with Crippen LogP contribution in [0.25, 0.3) is 0 Å². The predicted molar refractivity (Wildman–Crippen MR) is 64.9 cm³/mol. The van der Waals surface area contributed by atoms with E-state index in [-0.39, 0.29) is 6.61 Å². The summed E-state index contributed by atoms with van der Waals surface area (Å²) in [7, 11) is 0. The summed E-state index contributed by atoms with van der Waals surface area (Å²) in [5, 5.41) is 9.33. The Morgan fingerprint density at radius 3 is 2.31 bits per heavy atom. The van der Waals surface area contributed by atoms with Crippen molar-refractivity contribution in [1.29, 1.82) is 0 Å². The summed E-state index contributed by atoms with van der Waals surface area (Å²) < 4.78 is 5.16. The molecule has 1 rings (SSSR count). The summed E-state index contributed by atoms with van der Waals surface area (Å²) in [5.74, 6) is 0.807. The van der Waals surface area contributed by atoms with E-state index in [1.54, 1.807) is 11.8 Å². The van der Waals surface area contributed by atoms with Crippen molar-refractivity contribution in [3.8, 4) is 0 Å². The Hall–Kier alpha value is -0.650. The quantitative estimate of drug-likeness (QED) is 0.465. The molecule has 0 aliphatic heterocycles. The number of ether oxygens (including phenoxy) is 1. The van der Waals surface area contributed by atoms with Crippen LogP contribution in [0.1, 0.15) is 17.0 Å². The number of aliphatic hydroxyl groups is 1. The third-order valence-electron chi connectivity index (χ3n) is 2.31. The van der Waals surface area contributed by atoms with Crippen LogP contribution in [-0.2, 0) is 4.74 Å². The second-order valence-electron chi connectivity index (χ2n) is 3.49. The molecule has 5 heteroatoms. The van der Waals surface area contributed by atoms with Crippen molar-refractivity contribution in [3.05, 3.63) is 17.0 Å². The fraction of sp³-hybridized carbons (Fsp3) is 0.636. The van der Waals surface area contributed by atoms with Crippen LogP contribution in [0.5, 0.6) is 0 Å². The van der Waals surface area contributed by atoms with Crippen LogP contribution in [0.15, 0.2) is 5.16 Å². The average molecular weight is 242 g/mol. The summed E-state index contributed by atoms with van der Waals surface area (Å²) in [4.78, 5) is 8.80. The molecule has 1 aromatic heterocycles. The van der Waals surface area contributed by atoms with Crippen molar-refractivity contribution in [2.24, 2.45) is 0 Å². The van der Waals surface area contributed by atoms with Gasteiger partial charge in [-0.25, -0.2) is 9.97 Å².